The van der Waals surface area contributed by atoms with Gasteiger partial charge in [0.1, 0.15) is 5.71 Å². The number of ether oxygens (including phenoxy) is 1. The number of ketones is 1. The Bertz CT molecular complexity index is 781. The minimum Gasteiger partial charge on any atom is -0.383 e. The molecule has 0 heterocycles. The molecule has 0 radical (unpaired) electrons. The first-order chi connectivity index (χ1) is 10.7. The van der Waals surface area contributed by atoms with Crippen molar-refractivity contribution < 1.29 is 9.53 Å². The Morgan fingerprint density at radius 3 is 2.68 bits per heavy atom. The normalized spacial score (nSPS) is 14.6. The molecular formula is C16H15N3O2S. The van der Waals surface area contributed by atoms with E-state index in [4.69, 9.17) is 17.0 Å². The van der Waals surface area contributed by atoms with Gasteiger partial charge in [-0.25, -0.2) is 0 Å². The van der Waals surface area contributed by atoms with E-state index in [0.29, 0.717) is 29.5 Å². The number of carbonyl (C=O) groups excluding carboxylic acids is 1. The maximum absolute atomic E-state index is 12.5. The molecule has 1 aliphatic carbocycles. The Morgan fingerprint density at radius 1 is 1.23 bits per heavy atom. The van der Waals surface area contributed by atoms with Gasteiger partial charge >= 0.3 is 0 Å². The molecule has 3 rings (SSSR count). The van der Waals surface area contributed by atoms with E-state index in [1.165, 1.54) is 0 Å². The number of benzene rings is 2. The summed E-state index contributed by atoms with van der Waals surface area (Å²) in [4.78, 5) is 12.5. The van der Waals surface area contributed by atoms with Crippen molar-refractivity contribution in [2.24, 2.45) is 5.10 Å². The van der Waals surface area contributed by atoms with Gasteiger partial charge in [-0.05, 0) is 17.6 Å². The number of carbonyl (C=O) groups is 1. The van der Waals surface area contributed by atoms with E-state index in [-0.39, 0.29) is 5.78 Å². The lowest BCUT2D eigenvalue weighted by molar-refractivity contribution is 0.106. The highest BCUT2D eigenvalue weighted by molar-refractivity contribution is 7.80. The molecule has 5 nitrogen and oxygen atoms in total. The first kappa shape index (κ1) is 14.6. The second-order valence-corrected chi connectivity index (χ2v) is 5.27. The van der Waals surface area contributed by atoms with Crippen molar-refractivity contribution in [2.45, 2.75) is 0 Å². The third kappa shape index (κ3) is 2.58. The third-order valence-corrected chi connectivity index (χ3v) is 3.72. The summed E-state index contributed by atoms with van der Waals surface area (Å²) in [5, 5.41) is 9.49. The lowest BCUT2D eigenvalue weighted by Gasteiger charge is -2.06. The minimum absolute atomic E-state index is 0.0843. The molecule has 2 aromatic carbocycles. The van der Waals surface area contributed by atoms with Crippen LogP contribution in [0.4, 0.5) is 0 Å². The van der Waals surface area contributed by atoms with Gasteiger partial charge in [0.05, 0.1) is 6.61 Å². The summed E-state index contributed by atoms with van der Waals surface area (Å²) in [5.41, 5.74) is 4.64. The molecule has 6 heteroatoms. The SMILES string of the molecule is COCCNC(=S)N/N=C1\C(=O)c2cccc3cccc1c23. The van der Waals surface area contributed by atoms with Crippen molar-refractivity contribution in [3.63, 3.8) is 0 Å². The van der Waals surface area contributed by atoms with Crippen LogP contribution in [-0.2, 0) is 4.74 Å². The first-order valence-electron chi connectivity index (χ1n) is 6.89. The van der Waals surface area contributed by atoms with Crippen LogP contribution in [0.1, 0.15) is 15.9 Å². The monoisotopic (exact) mass is 313 g/mol. The van der Waals surface area contributed by atoms with Crippen molar-refractivity contribution in [1.29, 1.82) is 0 Å². The summed E-state index contributed by atoms with van der Waals surface area (Å²) < 4.78 is 4.93. The fraction of sp³-hybridized carbons (Fsp3) is 0.188. The molecule has 112 valence electrons. The van der Waals surface area contributed by atoms with Crippen molar-refractivity contribution in [3.8, 4) is 0 Å². The summed E-state index contributed by atoms with van der Waals surface area (Å²) in [7, 11) is 1.62. The maximum atomic E-state index is 12.5. The standard InChI is InChI=1S/C16H15N3O2S/c1-21-9-8-17-16(22)19-18-14-11-6-2-4-10-5-3-7-12(13(10)11)15(14)20/h2-7H,8-9H2,1H3,(H2,17,19,22)/b18-14-. The molecule has 0 fully saturated rings. The number of hydrogen-bond donors (Lipinski definition) is 2. The summed E-state index contributed by atoms with van der Waals surface area (Å²) >= 11 is 5.11. The lowest BCUT2D eigenvalue weighted by Crippen LogP contribution is -2.35. The van der Waals surface area contributed by atoms with Gasteiger partial charge in [-0.2, -0.15) is 5.10 Å². The number of Topliss-reactive ketones (excluding diaryl/α,β-unsaturated/α-hetero) is 1. The average molecular weight is 313 g/mol. The lowest BCUT2D eigenvalue weighted by atomic mass is 10.1. The molecule has 0 aliphatic heterocycles. The molecule has 0 saturated carbocycles. The van der Waals surface area contributed by atoms with Crippen molar-refractivity contribution >= 4 is 39.6 Å². The molecule has 0 bridgehead atoms. The number of nitrogens with zero attached hydrogens (tertiary/aromatic N) is 1. The number of nitrogens with one attached hydrogen (secondary N) is 2. The number of thiocarbonyl (C=S) groups is 1. The van der Waals surface area contributed by atoms with Gasteiger partial charge < -0.3 is 10.1 Å². The van der Waals surface area contributed by atoms with E-state index < -0.39 is 0 Å². The Kier molecular flexibility index (Phi) is 4.13. The summed E-state index contributed by atoms with van der Waals surface area (Å²) in [6.45, 7) is 1.12. The maximum Gasteiger partial charge on any atom is 0.214 e. The molecule has 2 N–H and O–H groups in total. The van der Waals surface area contributed by atoms with Crippen LogP contribution < -0.4 is 10.7 Å². The minimum atomic E-state index is -0.0843. The molecule has 0 spiro atoms. The third-order valence-electron chi connectivity index (χ3n) is 3.48. The summed E-state index contributed by atoms with van der Waals surface area (Å²) in [6.07, 6.45) is 0. The van der Waals surface area contributed by atoms with Gasteiger partial charge in [-0.15, -0.1) is 0 Å². The predicted octanol–water partition coefficient (Wildman–Crippen LogP) is 1.85. The second kappa shape index (κ2) is 6.21. The Morgan fingerprint density at radius 2 is 1.95 bits per heavy atom. The number of hydrazone groups is 1. The molecule has 0 saturated heterocycles. The van der Waals surface area contributed by atoms with Gasteiger partial charge in [-0.1, -0.05) is 36.4 Å². The average Bonchev–Trinajstić information content (AvgIpc) is 2.81. The highest BCUT2D eigenvalue weighted by Gasteiger charge is 2.28. The molecule has 0 amide bonds. The van der Waals surface area contributed by atoms with Crippen molar-refractivity contribution in [3.05, 3.63) is 47.5 Å². The van der Waals surface area contributed by atoms with E-state index >= 15 is 0 Å². The molecule has 1 aliphatic rings. The van der Waals surface area contributed by atoms with Gasteiger partial charge in [0, 0.05) is 30.2 Å². The zero-order valence-electron chi connectivity index (χ0n) is 12.1. The van der Waals surface area contributed by atoms with Crippen LogP contribution in [0.2, 0.25) is 0 Å². The van der Waals surface area contributed by atoms with Crippen LogP contribution in [0, 0.1) is 0 Å². The van der Waals surface area contributed by atoms with Gasteiger partial charge in [0.25, 0.3) is 0 Å². The van der Waals surface area contributed by atoms with Crippen LogP contribution in [-0.4, -0.2) is 36.9 Å². The van der Waals surface area contributed by atoms with Gasteiger partial charge in [0.15, 0.2) is 5.11 Å². The molecule has 0 atom stereocenters. The number of rotatable bonds is 4. The molecule has 0 unspecified atom stereocenters. The zero-order valence-corrected chi connectivity index (χ0v) is 12.9. The second-order valence-electron chi connectivity index (χ2n) is 4.86. The van der Waals surface area contributed by atoms with E-state index in [1.54, 1.807) is 7.11 Å². The predicted molar refractivity (Wildman–Crippen MR) is 90.4 cm³/mol. The van der Waals surface area contributed by atoms with Crippen LogP contribution in [0.5, 0.6) is 0 Å². The van der Waals surface area contributed by atoms with Crippen LogP contribution >= 0.6 is 12.2 Å². The highest BCUT2D eigenvalue weighted by Crippen LogP contribution is 2.30. The Balaban J connectivity index is 1.85. The number of hydrogen-bond acceptors (Lipinski definition) is 4. The van der Waals surface area contributed by atoms with Crippen molar-refractivity contribution in [1.82, 2.24) is 10.7 Å². The summed E-state index contributed by atoms with van der Waals surface area (Å²) in [5.74, 6) is -0.0843. The van der Waals surface area contributed by atoms with E-state index in [2.05, 4.69) is 15.8 Å². The molecule has 0 aromatic heterocycles. The fourth-order valence-corrected chi connectivity index (χ4v) is 2.65. The number of methoxy groups -OCH3 is 1. The molecule has 22 heavy (non-hydrogen) atoms. The van der Waals surface area contributed by atoms with E-state index in [9.17, 15) is 4.79 Å². The fourth-order valence-electron chi connectivity index (χ4n) is 2.50. The Hall–Kier alpha value is -2.31. The molecule has 2 aromatic rings. The molecular weight excluding hydrogens is 298 g/mol. The largest absolute Gasteiger partial charge is 0.383 e. The van der Waals surface area contributed by atoms with Gasteiger partial charge in [-0.3, -0.25) is 10.2 Å². The van der Waals surface area contributed by atoms with Crippen molar-refractivity contribution in [2.75, 3.05) is 20.3 Å². The zero-order chi connectivity index (χ0) is 15.5. The van der Waals surface area contributed by atoms with E-state index in [0.717, 1.165) is 16.3 Å². The van der Waals surface area contributed by atoms with E-state index in [1.807, 2.05) is 36.4 Å². The summed E-state index contributed by atoms with van der Waals surface area (Å²) in [6, 6.07) is 11.5. The Labute approximate surface area is 133 Å². The smallest absolute Gasteiger partial charge is 0.214 e. The van der Waals surface area contributed by atoms with Gasteiger partial charge in [0.2, 0.25) is 5.78 Å². The quantitative estimate of drug-likeness (QED) is 0.512. The van der Waals surface area contributed by atoms with Crippen LogP contribution in [0.25, 0.3) is 10.8 Å². The van der Waals surface area contributed by atoms with Crippen LogP contribution in [0.3, 0.4) is 0 Å². The first-order valence-corrected chi connectivity index (χ1v) is 7.30. The highest BCUT2D eigenvalue weighted by atomic mass is 32.1. The topological polar surface area (TPSA) is 62.7 Å². The van der Waals surface area contributed by atoms with Crippen LogP contribution in [0.15, 0.2) is 41.5 Å².